The van der Waals surface area contributed by atoms with Crippen molar-refractivity contribution in [2.45, 2.75) is 13.3 Å². The van der Waals surface area contributed by atoms with Crippen molar-refractivity contribution in [1.82, 2.24) is 9.78 Å². The molecule has 8 heteroatoms. The Kier molecular flexibility index (Phi) is 6.26. The van der Waals surface area contributed by atoms with Gasteiger partial charge in [-0.2, -0.15) is 5.10 Å². The Morgan fingerprint density at radius 3 is 2.10 bits per heavy atom. The minimum absolute atomic E-state index is 0.0218. The van der Waals surface area contributed by atoms with Crippen molar-refractivity contribution in [1.29, 1.82) is 0 Å². The monoisotopic (exact) mass is 408 g/mol. The van der Waals surface area contributed by atoms with Crippen LogP contribution in [-0.2, 0) is 14.3 Å². The Balaban J connectivity index is 2.19. The highest BCUT2D eigenvalue weighted by molar-refractivity contribution is 6.06. The van der Waals surface area contributed by atoms with E-state index < -0.39 is 11.9 Å². The third kappa shape index (κ3) is 4.07. The number of carbonyl (C=O) groups is 3. The van der Waals surface area contributed by atoms with Crippen LogP contribution in [0.3, 0.4) is 0 Å². The minimum Gasteiger partial charge on any atom is -0.465 e. The van der Waals surface area contributed by atoms with Crippen molar-refractivity contribution in [3.8, 4) is 22.7 Å². The van der Waals surface area contributed by atoms with Gasteiger partial charge in [0.15, 0.2) is 5.69 Å². The summed E-state index contributed by atoms with van der Waals surface area (Å²) in [6, 6.07) is 15.3. The summed E-state index contributed by atoms with van der Waals surface area (Å²) in [5, 5.41) is 4.50. The molecular weight excluding hydrogens is 388 g/mol. The first kappa shape index (κ1) is 20.8. The van der Waals surface area contributed by atoms with E-state index in [1.807, 2.05) is 6.07 Å². The number of para-hydroxylation sites is 1. The summed E-state index contributed by atoms with van der Waals surface area (Å²) in [4.78, 5) is 36.6. The fourth-order valence-electron chi connectivity index (χ4n) is 2.84. The number of benzene rings is 2. The summed E-state index contributed by atoms with van der Waals surface area (Å²) < 4.78 is 16.3. The Bertz CT molecular complexity index is 1070. The number of carbonyl (C=O) groups excluding carboxylic acids is 3. The fourth-order valence-corrected chi connectivity index (χ4v) is 2.84. The van der Waals surface area contributed by atoms with Gasteiger partial charge in [0.2, 0.25) is 0 Å². The van der Waals surface area contributed by atoms with Crippen LogP contribution in [0.1, 0.15) is 34.2 Å². The molecule has 0 N–H and O–H groups in total. The Morgan fingerprint density at radius 1 is 0.900 bits per heavy atom. The first-order valence-electron chi connectivity index (χ1n) is 9.16. The largest absolute Gasteiger partial charge is 0.465 e. The standard InChI is InChI=1S/C22H20N2O6/c1-4-17(25)30-16-12-10-14(11-13-16)19-18(21(26)28-2)20(22(27)29-3)24(23-19)15-8-6-5-7-9-15/h5-13H,4H2,1-3H3. The minimum atomic E-state index is -0.730. The van der Waals surface area contributed by atoms with E-state index >= 15 is 0 Å². The Labute approximate surface area is 173 Å². The molecule has 0 atom stereocenters. The average molecular weight is 408 g/mol. The molecule has 30 heavy (non-hydrogen) atoms. The molecule has 1 aromatic heterocycles. The van der Waals surface area contributed by atoms with Gasteiger partial charge in [0.05, 0.1) is 19.9 Å². The van der Waals surface area contributed by atoms with Gasteiger partial charge in [-0.3, -0.25) is 4.79 Å². The summed E-state index contributed by atoms with van der Waals surface area (Å²) in [5.41, 5.74) is 1.27. The first-order chi connectivity index (χ1) is 14.5. The van der Waals surface area contributed by atoms with Gasteiger partial charge in [-0.1, -0.05) is 25.1 Å². The molecule has 2 aromatic carbocycles. The van der Waals surface area contributed by atoms with Gasteiger partial charge in [-0.25, -0.2) is 14.3 Å². The van der Waals surface area contributed by atoms with Crippen LogP contribution in [-0.4, -0.2) is 41.9 Å². The van der Waals surface area contributed by atoms with Crippen molar-refractivity contribution in [3.63, 3.8) is 0 Å². The average Bonchev–Trinajstić information content (AvgIpc) is 3.19. The number of aromatic nitrogens is 2. The highest BCUT2D eigenvalue weighted by atomic mass is 16.5. The highest BCUT2D eigenvalue weighted by Gasteiger charge is 2.31. The number of hydrogen-bond acceptors (Lipinski definition) is 7. The lowest BCUT2D eigenvalue weighted by Gasteiger charge is -2.07. The van der Waals surface area contributed by atoms with Gasteiger partial charge in [0.1, 0.15) is 17.0 Å². The second kappa shape index (κ2) is 9.04. The lowest BCUT2D eigenvalue weighted by atomic mass is 10.1. The Morgan fingerprint density at radius 2 is 1.53 bits per heavy atom. The molecule has 1 heterocycles. The second-order valence-electron chi connectivity index (χ2n) is 6.15. The Hall–Kier alpha value is -3.94. The van der Waals surface area contributed by atoms with E-state index in [2.05, 4.69) is 5.10 Å². The number of esters is 3. The van der Waals surface area contributed by atoms with Gasteiger partial charge in [-0.15, -0.1) is 0 Å². The number of rotatable bonds is 6. The molecule has 0 bridgehead atoms. The third-order valence-corrected chi connectivity index (χ3v) is 4.30. The predicted octanol–water partition coefficient (Wildman–Crippen LogP) is 3.43. The quantitative estimate of drug-likeness (QED) is 0.455. The molecule has 3 aromatic rings. The van der Waals surface area contributed by atoms with Crippen LogP contribution in [0.5, 0.6) is 5.75 Å². The maximum atomic E-state index is 12.6. The van der Waals surface area contributed by atoms with E-state index in [0.29, 0.717) is 17.0 Å². The molecule has 3 rings (SSSR count). The summed E-state index contributed by atoms with van der Waals surface area (Å²) >= 11 is 0. The number of methoxy groups -OCH3 is 2. The van der Waals surface area contributed by atoms with Crippen LogP contribution in [0.4, 0.5) is 0 Å². The molecule has 0 aliphatic rings. The van der Waals surface area contributed by atoms with Crippen molar-refractivity contribution in [2.75, 3.05) is 14.2 Å². The third-order valence-electron chi connectivity index (χ3n) is 4.30. The molecule has 0 fully saturated rings. The normalized spacial score (nSPS) is 10.4. The van der Waals surface area contributed by atoms with E-state index in [4.69, 9.17) is 14.2 Å². The molecule has 0 saturated carbocycles. The summed E-state index contributed by atoms with van der Waals surface area (Å²) in [6.07, 6.45) is 0.248. The van der Waals surface area contributed by atoms with Crippen molar-refractivity contribution in [3.05, 3.63) is 65.9 Å². The summed E-state index contributed by atoms with van der Waals surface area (Å²) in [5.74, 6) is -1.46. The van der Waals surface area contributed by atoms with Crippen LogP contribution in [0.2, 0.25) is 0 Å². The highest BCUT2D eigenvalue weighted by Crippen LogP contribution is 2.30. The zero-order valence-electron chi connectivity index (χ0n) is 16.7. The van der Waals surface area contributed by atoms with E-state index in [-0.39, 0.29) is 29.3 Å². The zero-order valence-corrected chi connectivity index (χ0v) is 16.7. The van der Waals surface area contributed by atoms with Gasteiger partial charge in [0.25, 0.3) is 0 Å². The van der Waals surface area contributed by atoms with Crippen molar-refractivity contribution < 1.29 is 28.6 Å². The first-order valence-corrected chi connectivity index (χ1v) is 9.16. The van der Waals surface area contributed by atoms with Crippen LogP contribution in [0, 0.1) is 0 Å². The van der Waals surface area contributed by atoms with Crippen LogP contribution in [0.25, 0.3) is 16.9 Å². The maximum Gasteiger partial charge on any atom is 0.357 e. The summed E-state index contributed by atoms with van der Waals surface area (Å²) in [6.45, 7) is 1.70. The van der Waals surface area contributed by atoms with Crippen LogP contribution < -0.4 is 4.74 Å². The van der Waals surface area contributed by atoms with Crippen LogP contribution in [0.15, 0.2) is 54.6 Å². The van der Waals surface area contributed by atoms with E-state index in [1.165, 1.54) is 18.9 Å². The fraction of sp³-hybridized carbons (Fsp3) is 0.182. The van der Waals surface area contributed by atoms with Gasteiger partial charge < -0.3 is 14.2 Å². The number of nitrogens with zero attached hydrogens (tertiary/aromatic N) is 2. The second-order valence-corrected chi connectivity index (χ2v) is 6.15. The molecular formula is C22H20N2O6. The molecule has 154 valence electrons. The lowest BCUT2D eigenvalue weighted by Crippen LogP contribution is -2.15. The number of ether oxygens (including phenoxy) is 3. The van der Waals surface area contributed by atoms with Gasteiger partial charge >= 0.3 is 17.9 Å². The molecule has 0 amide bonds. The van der Waals surface area contributed by atoms with Gasteiger partial charge in [0, 0.05) is 12.0 Å². The molecule has 0 unspecified atom stereocenters. The van der Waals surface area contributed by atoms with Gasteiger partial charge in [-0.05, 0) is 36.4 Å². The van der Waals surface area contributed by atoms with Crippen molar-refractivity contribution in [2.24, 2.45) is 0 Å². The van der Waals surface area contributed by atoms with Crippen molar-refractivity contribution >= 4 is 17.9 Å². The maximum absolute atomic E-state index is 12.6. The molecule has 0 spiro atoms. The molecule has 0 saturated heterocycles. The number of hydrogen-bond donors (Lipinski definition) is 0. The molecule has 0 radical (unpaired) electrons. The summed E-state index contributed by atoms with van der Waals surface area (Å²) in [7, 11) is 2.45. The molecule has 0 aliphatic carbocycles. The van der Waals surface area contributed by atoms with E-state index in [9.17, 15) is 14.4 Å². The smallest absolute Gasteiger partial charge is 0.357 e. The van der Waals surface area contributed by atoms with Crippen LogP contribution >= 0.6 is 0 Å². The SMILES string of the molecule is CCC(=O)Oc1ccc(-c2nn(-c3ccccc3)c(C(=O)OC)c2C(=O)OC)cc1. The topological polar surface area (TPSA) is 96.7 Å². The molecule has 0 aliphatic heterocycles. The molecule has 8 nitrogen and oxygen atoms in total. The zero-order chi connectivity index (χ0) is 21.7. The lowest BCUT2D eigenvalue weighted by molar-refractivity contribution is -0.134. The van der Waals surface area contributed by atoms with E-state index in [1.54, 1.807) is 55.5 Å². The predicted molar refractivity (Wildman–Crippen MR) is 108 cm³/mol. The van der Waals surface area contributed by atoms with E-state index in [0.717, 1.165) is 0 Å².